The third-order valence-corrected chi connectivity index (χ3v) is 6.06. The van der Waals surface area contributed by atoms with Gasteiger partial charge in [0, 0.05) is 39.5 Å². The second kappa shape index (κ2) is 9.43. The van der Waals surface area contributed by atoms with Gasteiger partial charge in [-0.15, -0.1) is 0 Å². The van der Waals surface area contributed by atoms with Crippen molar-refractivity contribution in [3.63, 3.8) is 0 Å². The number of piperidine rings is 1. The first-order chi connectivity index (χ1) is 14.6. The zero-order chi connectivity index (χ0) is 20.9. The summed E-state index contributed by atoms with van der Waals surface area (Å²) in [5.41, 5.74) is 2.55. The van der Waals surface area contributed by atoms with E-state index in [1.165, 1.54) is 0 Å². The lowest BCUT2D eigenvalue weighted by Crippen LogP contribution is -2.44. The maximum Gasteiger partial charge on any atom is 0.255 e. The lowest BCUT2D eigenvalue weighted by atomic mass is 9.91. The number of amides is 2. The van der Waals surface area contributed by atoms with E-state index in [4.69, 9.17) is 4.74 Å². The highest BCUT2D eigenvalue weighted by Gasteiger charge is 2.31. The summed E-state index contributed by atoms with van der Waals surface area (Å²) < 4.78 is 7.25. The van der Waals surface area contributed by atoms with Gasteiger partial charge in [0.1, 0.15) is 6.10 Å². The Hall–Kier alpha value is -2.67. The number of carbonyl (C=O) groups excluding carboxylic acids is 2. The van der Waals surface area contributed by atoms with E-state index in [0.29, 0.717) is 24.6 Å². The SMILES string of the molecule is Cn1cc(C(=O)NCc2ccccc2)c(CC2CCN(C(=O)C3CCCO3)CC2)n1. The number of benzene rings is 1. The van der Waals surface area contributed by atoms with E-state index in [0.717, 1.165) is 56.5 Å². The van der Waals surface area contributed by atoms with Gasteiger partial charge in [0.15, 0.2) is 0 Å². The molecular formula is C23H30N4O3. The van der Waals surface area contributed by atoms with Crippen LogP contribution < -0.4 is 5.32 Å². The Kier molecular flexibility index (Phi) is 6.47. The molecule has 2 fully saturated rings. The number of likely N-dealkylation sites (tertiary alicyclic amines) is 1. The molecule has 0 spiro atoms. The van der Waals surface area contributed by atoms with Crippen molar-refractivity contribution in [1.82, 2.24) is 20.0 Å². The van der Waals surface area contributed by atoms with Crippen LogP contribution in [0.4, 0.5) is 0 Å². The van der Waals surface area contributed by atoms with E-state index in [9.17, 15) is 9.59 Å². The number of hydrogen-bond acceptors (Lipinski definition) is 4. The third kappa shape index (κ3) is 4.90. The molecule has 7 nitrogen and oxygen atoms in total. The van der Waals surface area contributed by atoms with Crippen LogP contribution in [0.2, 0.25) is 0 Å². The van der Waals surface area contributed by atoms with Gasteiger partial charge in [0.05, 0.1) is 11.3 Å². The monoisotopic (exact) mass is 410 g/mol. The Morgan fingerprint density at radius 1 is 1.17 bits per heavy atom. The van der Waals surface area contributed by atoms with E-state index in [2.05, 4.69) is 10.4 Å². The highest BCUT2D eigenvalue weighted by molar-refractivity contribution is 5.95. The Bertz CT molecular complexity index is 866. The quantitative estimate of drug-likeness (QED) is 0.793. The number of nitrogens with zero attached hydrogens (tertiary/aromatic N) is 3. The molecule has 1 unspecified atom stereocenters. The first kappa shape index (κ1) is 20.6. The zero-order valence-electron chi connectivity index (χ0n) is 17.5. The number of hydrogen-bond donors (Lipinski definition) is 1. The first-order valence-corrected chi connectivity index (χ1v) is 10.8. The van der Waals surface area contributed by atoms with Crippen molar-refractivity contribution < 1.29 is 14.3 Å². The minimum Gasteiger partial charge on any atom is -0.368 e. The Balaban J connectivity index is 1.32. The summed E-state index contributed by atoms with van der Waals surface area (Å²) in [6.07, 6.45) is 6.00. The summed E-state index contributed by atoms with van der Waals surface area (Å²) >= 11 is 0. The van der Waals surface area contributed by atoms with Crippen LogP contribution >= 0.6 is 0 Å². The highest BCUT2D eigenvalue weighted by Crippen LogP contribution is 2.25. The molecule has 2 amide bonds. The summed E-state index contributed by atoms with van der Waals surface area (Å²) in [6.45, 7) is 2.71. The summed E-state index contributed by atoms with van der Waals surface area (Å²) in [5, 5.41) is 7.55. The van der Waals surface area contributed by atoms with E-state index in [1.807, 2.05) is 42.3 Å². The highest BCUT2D eigenvalue weighted by atomic mass is 16.5. The number of ether oxygens (including phenoxy) is 1. The maximum absolute atomic E-state index is 12.8. The minimum atomic E-state index is -0.239. The maximum atomic E-state index is 12.8. The molecule has 160 valence electrons. The second-order valence-corrected chi connectivity index (χ2v) is 8.31. The van der Waals surface area contributed by atoms with Gasteiger partial charge >= 0.3 is 0 Å². The van der Waals surface area contributed by atoms with Gasteiger partial charge in [-0.3, -0.25) is 14.3 Å². The van der Waals surface area contributed by atoms with Crippen molar-refractivity contribution >= 4 is 11.8 Å². The van der Waals surface area contributed by atoms with Crippen LogP contribution in [0.15, 0.2) is 36.5 Å². The average molecular weight is 411 g/mol. The molecule has 1 atom stereocenters. The van der Waals surface area contributed by atoms with Crippen LogP contribution in [0.25, 0.3) is 0 Å². The molecule has 0 saturated carbocycles. The predicted molar refractivity (Wildman–Crippen MR) is 113 cm³/mol. The van der Waals surface area contributed by atoms with Gasteiger partial charge in [0.2, 0.25) is 0 Å². The van der Waals surface area contributed by atoms with Crippen molar-refractivity contribution in [2.75, 3.05) is 19.7 Å². The van der Waals surface area contributed by atoms with E-state index < -0.39 is 0 Å². The number of nitrogens with one attached hydrogen (secondary N) is 1. The van der Waals surface area contributed by atoms with Crippen LogP contribution in [0, 0.1) is 5.92 Å². The van der Waals surface area contributed by atoms with Crippen molar-refractivity contribution in [3.8, 4) is 0 Å². The van der Waals surface area contributed by atoms with Crippen molar-refractivity contribution in [1.29, 1.82) is 0 Å². The number of aromatic nitrogens is 2. The topological polar surface area (TPSA) is 76.5 Å². The molecule has 7 heteroatoms. The molecule has 2 aromatic rings. The summed E-state index contributed by atoms with van der Waals surface area (Å²) in [7, 11) is 1.85. The number of aryl methyl sites for hydroxylation is 1. The van der Waals surface area contributed by atoms with Crippen molar-refractivity contribution in [2.45, 2.75) is 44.8 Å². The second-order valence-electron chi connectivity index (χ2n) is 8.31. The van der Waals surface area contributed by atoms with Crippen molar-refractivity contribution in [2.24, 2.45) is 13.0 Å². The van der Waals surface area contributed by atoms with E-state index >= 15 is 0 Å². The standard InChI is InChI=1S/C23H30N4O3/c1-26-16-19(22(28)24-15-18-6-3-2-4-7-18)20(25-26)14-17-9-11-27(12-10-17)23(29)21-8-5-13-30-21/h2-4,6-7,16-17,21H,5,8-15H2,1H3,(H,24,28). The molecule has 2 aliphatic heterocycles. The number of rotatable bonds is 6. The van der Waals surface area contributed by atoms with Crippen LogP contribution in [-0.2, 0) is 29.5 Å². The molecule has 4 rings (SSSR count). The molecule has 1 N–H and O–H groups in total. The van der Waals surface area contributed by atoms with Gasteiger partial charge < -0.3 is 15.0 Å². The normalized spacial score (nSPS) is 19.8. The largest absolute Gasteiger partial charge is 0.368 e. The molecule has 3 heterocycles. The van der Waals surface area contributed by atoms with Crippen LogP contribution in [0.5, 0.6) is 0 Å². The van der Waals surface area contributed by atoms with Gasteiger partial charge in [0.25, 0.3) is 11.8 Å². The molecule has 0 radical (unpaired) electrons. The molecule has 2 aliphatic rings. The lowest BCUT2D eigenvalue weighted by Gasteiger charge is -2.33. The fourth-order valence-electron chi connectivity index (χ4n) is 4.36. The van der Waals surface area contributed by atoms with Gasteiger partial charge in [-0.1, -0.05) is 30.3 Å². The Labute approximate surface area is 177 Å². The summed E-state index contributed by atoms with van der Waals surface area (Å²) in [6, 6.07) is 9.89. The zero-order valence-corrected chi connectivity index (χ0v) is 17.5. The van der Waals surface area contributed by atoms with Crippen LogP contribution in [-0.4, -0.2) is 52.3 Å². The van der Waals surface area contributed by atoms with Crippen LogP contribution in [0.3, 0.4) is 0 Å². The lowest BCUT2D eigenvalue weighted by molar-refractivity contribution is -0.142. The Morgan fingerprint density at radius 3 is 2.63 bits per heavy atom. The van der Waals surface area contributed by atoms with E-state index in [-0.39, 0.29) is 17.9 Å². The predicted octanol–water partition coefficient (Wildman–Crippen LogP) is 2.31. The summed E-state index contributed by atoms with van der Waals surface area (Å²) in [5.74, 6) is 0.479. The molecule has 1 aromatic carbocycles. The molecule has 0 aliphatic carbocycles. The van der Waals surface area contributed by atoms with Gasteiger partial charge in [-0.2, -0.15) is 5.10 Å². The average Bonchev–Trinajstić information content (AvgIpc) is 3.43. The third-order valence-electron chi connectivity index (χ3n) is 6.06. The smallest absolute Gasteiger partial charge is 0.255 e. The van der Waals surface area contributed by atoms with E-state index in [1.54, 1.807) is 10.9 Å². The molecule has 30 heavy (non-hydrogen) atoms. The molecule has 1 aromatic heterocycles. The minimum absolute atomic E-state index is 0.0899. The summed E-state index contributed by atoms with van der Waals surface area (Å²) in [4.78, 5) is 27.2. The van der Waals surface area contributed by atoms with Crippen LogP contribution in [0.1, 0.15) is 47.3 Å². The molecule has 2 saturated heterocycles. The first-order valence-electron chi connectivity index (χ1n) is 10.8. The molecule has 0 bridgehead atoms. The van der Waals surface area contributed by atoms with Crippen molar-refractivity contribution in [3.05, 3.63) is 53.3 Å². The molecular weight excluding hydrogens is 380 g/mol. The fourth-order valence-corrected chi connectivity index (χ4v) is 4.36. The fraction of sp³-hybridized carbons (Fsp3) is 0.522. The van der Waals surface area contributed by atoms with Gasteiger partial charge in [-0.25, -0.2) is 0 Å². The number of carbonyl (C=O) groups is 2. The Morgan fingerprint density at radius 2 is 1.93 bits per heavy atom. The van der Waals surface area contributed by atoms with Gasteiger partial charge in [-0.05, 0) is 43.6 Å².